The fraction of sp³-hybridized carbons (Fsp3) is 0.267. The molecule has 0 aliphatic heterocycles. The molecule has 0 aliphatic carbocycles. The molecule has 5 nitrogen and oxygen atoms in total. The molecular weight excluding hydrogens is 254 g/mol. The number of hydrogen-bond acceptors (Lipinski definition) is 4. The van der Waals surface area contributed by atoms with E-state index in [-0.39, 0.29) is 17.5 Å². The van der Waals surface area contributed by atoms with E-state index in [0.29, 0.717) is 0 Å². The van der Waals surface area contributed by atoms with Crippen LogP contribution in [-0.2, 0) is 0 Å². The Morgan fingerprint density at radius 3 is 2.80 bits per heavy atom. The first-order valence-corrected chi connectivity index (χ1v) is 6.42. The summed E-state index contributed by atoms with van der Waals surface area (Å²) < 4.78 is 0. The molecular formula is C15H17N3O2. The summed E-state index contributed by atoms with van der Waals surface area (Å²) in [5, 5.41) is 14.1. The Hall–Kier alpha value is -2.43. The first-order chi connectivity index (χ1) is 9.56. The molecule has 1 atom stereocenters. The molecule has 20 heavy (non-hydrogen) atoms. The lowest BCUT2D eigenvalue weighted by molar-refractivity contribution is -0.482. The Morgan fingerprint density at radius 2 is 2.15 bits per heavy atom. The monoisotopic (exact) mass is 271 g/mol. The molecule has 0 amide bonds. The van der Waals surface area contributed by atoms with Crippen molar-refractivity contribution < 1.29 is 4.92 Å². The van der Waals surface area contributed by atoms with E-state index in [9.17, 15) is 10.1 Å². The number of nitrogens with zero attached hydrogens (tertiary/aromatic N) is 2. The predicted octanol–water partition coefficient (Wildman–Crippen LogP) is 3.13. The van der Waals surface area contributed by atoms with Crippen LogP contribution in [0.5, 0.6) is 0 Å². The minimum absolute atomic E-state index is 0.181. The highest BCUT2D eigenvalue weighted by molar-refractivity contribution is 5.53. The van der Waals surface area contributed by atoms with Gasteiger partial charge in [0.25, 0.3) is 0 Å². The third kappa shape index (κ3) is 3.54. The molecule has 2 rings (SSSR count). The fourth-order valence-electron chi connectivity index (χ4n) is 2.04. The minimum Gasteiger partial charge on any atom is -0.372 e. The molecule has 2 aromatic rings. The molecule has 0 bridgehead atoms. The second-order valence-electron chi connectivity index (χ2n) is 4.82. The summed E-state index contributed by atoms with van der Waals surface area (Å²) in [6.07, 6.45) is 3.32. The quantitative estimate of drug-likeness (QED) is 0.670. The zero-order valence-corrected chi connectivity index (χ0v) is 11.5. The number of pyridine rings is 1. The Morgan fingerprint density at radius 1 is 1.35 bits per heavy atom. The van der Waals surface area contributed by atoms with Crippen molar-refractivity contribution in [3.8, 4) is 0 Å². The second kappa shape index (κ2) is 6.14. The minimum atomic E-state index is -0.390. The molecule has 0 radical (unpaired) electrons. The summed E-state index contributed by atoms with van der Waals surface area (Å²) in [5.74, 6) is 0. The van der Waals surface area contributed by atoms with Crippen LogP contribution in [0.2, 0.25) is 0 Å². The summed E-state index contributed by atoms with van der Waals surface area (Å²) in [7, 11) is 0. The van der Waals surface area contributed by atoms with Crippen molar-refractivity contribution in [3.63, 3.8) is 0 Å². The third-order valence-corrected chi connectivity index (χ3v) is 3.14. The molecule has 0 saturated heterocycles. The number of benzene rings is 1. The molecule has 1 N–H and O–H groups in total. The maximum atomic E-state index is 10.9. The van der Waals surface area contributed by atoms with Crippen molar-refractivity contribution in [3.05, 3.63) is 69.5 Å². The number of anilines is 1. The van der Waals surface area contributed by atoms with Crippen molar-refractivity contribution in [2.24, 2.45) is 0 Å². The van der Waals surface area contributed by atoms with E-state index < -0.39 is 0 Å². The van der Waals surface area contributed by atoms with Gasteiger partial charge in [0.15, 0.2) is 0 Å². The SMILES string of the molecule is Cc1ccc(C)c(NC(C[N+](=O)[O-])c2cccnc2)c1. The van der Waals surface area contributed by atoms with Gasteiger partial charge in [0.05, 0.1) is 0 Å². The summed E-state index contributed by atoms with van der Waals surface area (Å²) in [6.45, 7) is 3.80. The number of hydrogen-bond donors (Lipinski definition) is 1. The van der Waals surface area contributed by atoms with Crippen LogP contribution >= 0.6 is 0 Å². The summed E-state index contributed by atoms with van der Waals surface area (Å²) in [4.78, 5) is 14.6. The summed E-state index contributed by atoms with van der Waals surface area (Å²) >= 11 is 0. The molecule has 1 aromatic heterocycles. The Bertz CT molecular complexity index is 599. The maximum Gasteiger partial charge on any atom is 0.227 e. The van der Waals surface area contributed by atoms with E-state index in [2.05, 4.69) is 10.3 Å². The molecule has 1 aromatic carbocycles. The average Bonchev–Trinajstić information content (AvgIpc) is 2.42. The van der Waals surface area contributed by atoms with E-state index in [1.54, 1.807) is 18.5 Å². The maximum absolute atomic E-state index is 10.9. The summed E-state index contributed by atoms with van der Waals surface area (Å²) in [5.41, 5.74) is 3.91. The van der Waals surface area contributed by atoms with Crippen LogP contribution < -0.4 is 5.32 Å². The average molecular weight is 271 g/mol. The highest BCUT2D eigenvalue weighted by atomic mass is 16.6. The van der Waals surface area contributed by atoms with Gasteiger partial charge in [-0.3, -0.25) is 15.1 Å². The molecule has 5 heteroatoms. The van der Waals surface area contributed by atoms with Crippen LogP contribution in [0.3, 0.4) is 0 Å². The van der Waals surface area contributed by atoms with E-state index in [4.69, 9.17) is 0 Å². The van der Waals surface area contributed by atoms with Crippen LogP contribution in [-0.4, -0.2) is 16.5 Å². The van der Waals surface area contributed by atoms with Gasteiger partial charge >= 0.3 is 0 Å². The molecule has 1 unspecified atom stereocenters. The van der Waals surface area contributed by atoms with Gasteiger partial charge in [-0.25, -0.2) is 0 Å². The Labute approximate surface area is 117 Å². The normalized spacial score (nSPS) is 11.9. The van der Waals surface area contributed by atoms with Gasteiger partial charge in [-0.15, -0.1) is 0 Å². The lowest BCUT2D eigenvalue weighted by atomic mass is 10.1. The summed E-state index contributed by atoms with van der Waals surface area (Å²) in [6, 6.07) is 9.27. The Kier molecular flexibility index (Phi) is 4.30. The van der Waals surface area contributed by atoms with Gasteiger partial charge in [-0.1, -0.05) is 18.2 Å². The van der Waals surface area contributed by atoms with Gasteiger partial charge in [0.1, 0.15) is 6.04 Å². The number of nitro groups is 1. The molecule has 0 spiro atoms. The van der Waals surface area contributed by atoms with Gasteiger partial charge in [0, 0.05) is 23.0 Å². The van der Waals surface area contributed by atoms with Gasteiger partial charge in [-0.05, 0) is 42.7 Å². The largest absolute Gasteiger partial charge is 0.372 e. The third-order valence-electron chi connectivity index (χ3n) is 3.14. The van der Waals surface area contributed by atoms with Crippen molar-refractivity contribution in [2.75, 3.05) is 11.9 Å². The first-order valence-electron chi connectivity index (χ1n) is 6.42. The van der Waals surface area contributed by atoms with E-state index in [1.807, 2.05) is 38.1 Å². The molecule has 0 fully saturated rings. The predicted molar refractivity (Wildman–Crippen MR) is 78.4 cm³/mol. The van der Waals surface area contributed by atoms with Crippen LogP contribution in [0.1, 0.15) is 22.7 Å². The van der Waals surface area contributed by atoms with Crippen LogP contribution in [0.25, 0.3) is 0 Å². The van der Waals surface area contributed by atoms with Gasteiger partial charge < -0.3 is 5.32 Å². The van der Waals surface area contributed by atoms with E-state index >= 15 is 0 Å². The number of aromatic nitrogens is 1. The zero-order chi connectivity index (χ0) is 14.5. The fourth-order valence-corrected chi connectivity index (χ4v) is 2.04. The lowest BCUT2D eigenvalue weighted by Gasteiger charge is -2.18. The van der Waals surface area contributed by atoms with Crippen LogP contribution in [0, 0.1) is 24.0 Å². The smallest absolute Gasteiger partial charge is 0.227 e. The lowest BCUT2D eigenvalue weighted by Crippen LogP contribution is -2.21. The van der Waals surface area contributed by atoms with Crippen molar-refractivity contribution in [2.45, 2.75) is 19.9 Å². The van der Waals surface area contributed by atoms with Crippen molar-refractivity contribution in [1.29, 1.82) is 0 Å². The highest BCUT2D eigenvalue weighted by Gasteiger charge is 2.18. The molecule has 0 saturated carbocycles. The van der Waals surface area contributed by atoms with Crippen molar-refractivity contribution >= 4 is 5.69 Å². The number of aryl methyl sites for hydroxylation is 2. The number of rotatable bonds is 5. The van der Waals surface area contributed by atoms with Crippen LogP contribution in [0.4, 0.5) is 5.69 Å². The topological polar surface area (TPSA) is 68.1 Å². The zero-order valence-electron chi connectivity index (χ0n) is 11.5. The number of nitrogens with one attached hydrogen (secondary N) is 1. The molecule has 0 aliphatic rings. The van der Waals surface area contributed by atoms with Gasteiger partial charge in [-0.2, -0.15) is 0 Å². The Balaban J connectivity index is 2.28. The van der Waals surface area contributed by atoms with E-state index in [0.717, 1.165) is 22.4 Å². The first kappa shape index (κ1) is 14.0. The van der Waals surface area contributed by atoms with Crippen LogP contribution in [0.15, 0.2) is 42.7 Å². The molecule has 104 valence electrons. The van der Waals surface area contributed by atoms with E-state index in [1.165, 1.54) is 0 Å². The standard InChI is InChI=1S/C15H17N3O2/c1-11-5-6-12(2)14(8-11)17-15(10-18(19)20)13-4-3-7-16-9-13/h3-9,15,17H,10H2,1-2H3. The highest BCUT2D eigenvalue weighted by Crippen LogP contribution is 2.23. The van der Waals surface area contributed by atoms with Gasteiger partial charge in [0.2, 0.25) is 6.54 Å². The molecule has 1 heterocycles. The second-order valence-corrected chi connectivity index (χ2v) is 4.82. The van der Waals surface area contributed by atoms with Crippen molar-refractivity contribution in [1.82, 2.24) is 4.98 Å².